The minimum Gasteiger partial charge on any atom is -0.486 e. The topological polar surface area (TPSA) is 21.3 Å². The summed E-state index contributed by atoms with van der Waals surface area (Å²) < 4.78 is 31.6. The van der Waals surface area contributed by atoms with Gasteiger partial charge in [-0.2, -0.15) is 0 Å². The van der Waals surface area contributed by atoms with E-state index in [1.807, 2.05) is 37.3 Å². The molecule has 2 rings (SSSR count). The Kier molecular flexibility index (Phi) is 4.34. The van der Waals surface area contributed by atoms with Gasteiger partial charge >= 0.3 is 0 Å². The van der Waals surface area contributed by atoms with Gasteiger partial charge < -0.3 is 10.1 Å². The molecule has 0 amide bonds. The van der Waals surface area contributed by atoms with Crippen molar-refractivity contribution in [2.75, 3.05) is 11.9 Å². The molecular weight excluding hydrogens is 248 g/mol. The van der Waals surface area contributed by atoms with Gasteiger partial charge in [-0.05, 0) is 31.2 Å². The molecule has 0 spiro atoms. The predicted octanol–water partition coefficient (Wildman–Crippen LogP) is 3.84. The summed E-state index contributed by atoms with van der Waals surface area (Å²) in [5, 5.41) is 3.17. The van der Waals surface area contributed by atoms with Crippen molar-refractivity contribution < 1.29 is 13.5 Å². The van der Waals surface area contributed by atoms with Crippen LogP contribution < -0.4 is 10.1 Å². The molecule has 2 nitrogen and oxygen atoms in total. The number of ether oxygens (including phenoxy) is 1. The Morgan fingerprint density at radius 3 is 2.53 bits per heavy atom. The van der Waals surface area contributed by atoms with E-state index in [4.69, 9.17) is 4.74 Å². The first-order valence-corrected chi connectivity index (χ1v) is 6.06. The molecule has 1 atom stereocenters. The molecule has 2 aromatic rings. The second kappa shape index (κ2) is 6.18. The summed E-state index contributed by atoms with van der Waals surface area (Å²) in [5.74, 6) is -1.24. The largest absolute Gasteiger partial charge is 0.486 e. The van der Waals surface area contributed by atoms with E-state index in [2.05, 4.69) is 5.32 Å². The van der Waals surface area contributed by atoms with Gasteiger partial charge in [0, 0.05) is 11.8 Å². The number of hydrogen-bond acceptors (Lipinski definition) is 2. The van der Waals surface area contributed by atoms with Crippen LogP contribution >= 0.6 is 0 Å². The lowest BCUT2D eigenvalue weighted by atomic mass is 10.3. The highest BCUT2D eigenvalue weighted by Gasteiger charge is 2.09. The zero-order valence-corrected chi connectivity index (χ0v) is 10.6. The van der Waals surface area contributed by atoms with Gasteiger partial charge in [0.05, 0.1) is 6.54 Å². The van der Waals surface area contributed by atoms with Gasteiger partial charge in [-0.15, -0.1) is 0 Å². The number of benzene rings is 2. The Bertz CT molecular complexity index is 531. The Labute approximate surface area is 111 Å². The third-order valence-electron chi connectivity index (χ3n) is 2.59. The van der Waals surface area contributed by atoms with E-state index in [1.165, 1.54) is 12.1 Å². The first-order valence-electron chi connectivity index (χ1n) is 6.06. The van der Waals surface area contributed by atoms with Crippen molar-refractivity contribution >= 4 is 5.69 Å². The fourth-order valence-electron chi connectivity index (χ4n) is 1.65. The lowest BCUT2D eigenvalue weighted by Gasteiger charge is -2.16. The molecule has 0 saturated heterocycles. The SMILES string of the molecule is CC(CNc1ccccc1)Oc1ccc(F)cc1F. The van der Waals surface area contributed by atoms with Gasteiger partial charge in [0.2, 0.25) is 0 Å². The van der Waals surface area contributed by atoms with E-state index in [0.29, 0.717) is 6.54 Å². The molecule has 0 heterocycles. The fraction of sp³-hybridized carbons (Fsp3) is 0.200. The summed E-state index contributed by atoms with van der Waals surface area (Å²) in [5.41, 5.74) is 0.970. The van der Waals surface area contributed by atoms with Crippen LogP contribution in [-0.2, 0) is 0 Å². The quantitative estimate of drug-likeness (QED) is 0.884. The Hall–Kier alpha value is -2.10. The molecule has 0 aliphatic rings. The summed E-state index contributed by atoms with van der Waals surface area (Å²) in [6.45, 7) is 2.35. The number of para-hydroxylation sites is 1. The minimum absolute atomic E-state index is 0.0590. The second-order valence-corrected chi connectivity index (χ2v) is 4.25. The average molecular weight is 263 g/mol. The molecule has 19 heavy (non-hydrogen) atoms. The van der Waals surface area contributed by atoms with E-state index in [9.17, 15) is 8.78 Å². The van der Waals surface area contributed by atoms with Gasteiger partial charge in [-0.25, -0.2) is 8.78 Å². The second-order valence-electron chi connectivity index (χ2n) is 4.25. The standard InChI is InChI=1S/C15H15F2NO/c1-11(10-18-13-5-3-2-4-6-13)19-15-8-7-12(16)9-14(15)17/h2-9,11,18H,10H2,1H3. The van der Waals surface area contributed by atoms with Gasteiger partial charge in [-0.1, -0.05) is 18.2 Å². The number of rotatable bonds is 5. The average Bonchev–Trinajstić information content (AvgIpc) is 2.41. The molecule has 0 radical (unpaired) electrons. The molecule has 0 bridgehead atoms. The van der Waals surface area contributed by atoms with Crippen LogP contribution in [0, 0.1) is 11.6 Å². The molecule has 1 unspecified atom stereocenters. The van der Waals surface area contributed by atoms with Crippen LogP contribution in [0.2, 0.25) is 0 Å². The van der Waals surface area contributed by atoms with Crippen LogP contribution in [0.5, 0.6) is 5.75 Å². The maximum absolute atomic E-state index is 13.4. The van der Waals surface area contributed by atoms with Crippen LogP contribution in [0.25, 0.3) is 0 Å². The van der Waals surface area contributed by atoms with Crippen LogP contribution in [-0.4, -0.2) is 12.6 Å². The molecule has 0 aliphatic heterocycles. The highest BCUT2D eigenvalue weighted by molar-refractivity contribution is 5.42. The third kappa shape index (κ3) is 3.95. The highest BCUT2D eigenvalue weighted by Crippen LogP contribution is 2.19. The number of halogens is 2. The molecule has 0 saturated carbocycles. The fourth-order valence-corrected chi connectivity index (χ4v) is 1.65. The molecule has 2 aromatic carbocycles. The number of anilines is 1. The number of nitrogens with one attached hydrogen (secondary N) is 1. The minimum atomic E-state index is -0.688. The summed E-state index contributed by atoms with van der Waals surface area (Å²) in [4.78, 5) is 0. The lowest BCUT2D eigenvalue weighted by Crippen LogP contribution is -2.23. The monoisotopic (exact) mass is 263 g/mol. The smallest absolute Gasteiger partial charge is 0.167 e. The lowest BCUT2D eigenvalue weighted by molar-refractivity contribution is 0.223. The molecule has 0 aliphatic carbocycles. The van der Waals surface area contributed by atoms with Gasteiger partial charge in [0.15, 0.2) is 11.6 Å². The predicted molar refractivity (Wildman–Crippen MR) is 71.4 cm³/mol. The van der Waals surface area contributed by atoms with Crippen LogP contribution in [0.4, 0.5) is 14.5 Å². The molecular formula is C15H15F2NO. The van der Waals surface area contributed by atoms with Gasteiger partial charge in [-0.3, -0.25) is 0 Å². The Morgan fingerprint density at radius 1 is 1.11 bits per heavy atom. The first-order chi connectivity index (χ1) is 9.15. The molecule has 4 heteroatoms. The van der Waals surface area contributed by atoms with Crippen molar-refractivity contribution in [2.45, 2.75) is 13.0 Å². The number of hydrogen-bond donors (Lipinski definition) is 1. The van der Waals surface area contributed by atoms with Crippen molar-refractivity contribution in [3.63, 3.8) is 0 Å². The first kappa shape index (κ1) is 13.3. The Morgan fingerprint density at radius 2 is 1.84 bits per heavy atom. The maximum atomic E-state index is 13.4. The Balaban J connectivity index is 1.89. The zero-order valence-electron chi connectivity index (χ0n) is 10.6. The molecule has 100 valence electrons. The van der Waals surface area contributed by atoms with Crippen molar-refractivity contribution in [2.24, 2.45) is 0 Å². The van der Waals surface area contributed by atoms with Crippen LogP contribution in [0.15, 0.2) is 48.5 Å². The summed E-state index contributed by atoms with van der Waals surface area (Å²) >= 11 is 0. The molecule has 0 fully saturated rings. The highest BCUT2D eigenvalue weighted by atomic mass is 19.1. The van der Waals surface area contributed by atoms with Crippen LogP contribution in [0.1, 0.15) is 6.92 Å². The van der Waals surface area contributed by atoms with Gasteiger partial charge in [0.25, 0.3) is 0 Å². The van der Waals surface area contributed by atoms with E-state index >= 15 is 0 Å². The summed E-state index contributed by atoms with van der Waals surface area (Å²) in [6, 6.07) is 12.9. The normalized spacial score (nSPS) is 11.9. The van der Waals surface area contributed by atoms with E-state index in [0.717, 1.165) is 11.8 Å². The van der Waals surface area contributed by atoms with Crippen molar-refractivity contribution in [3.05, 3.63) is 60.2 Å². The van der Waals surface area contributed by atoms with E-state index < -0.39 is 11.6 Å². The summed E-state index contributed by atoms with van der Waals surface area (Å²) in [6.07, 6.45) is -0.236. The maximum Gasteiger partial charge on any atom is 0.167 e. The summed E-state index contributed by atoms with van der Waals surface area (Å²) in [7, 11) is 0. The van der Waals surface area contributed by atoms with Crippen molar-refractivity contribution in [3.8, 4) is 5.75 Å². The van der Waals surface area contributed by atoms with E-state index in [1.54, 1.807) is 0 Å². The van der Waals surface area contributed by atoms with Gasteiger partial charge in [0.1, 0.15) is 11.9 Å². The van der Waals surface area contributed by atoms with E-state index in [-0.39, 0.29) is 11.9 Å². The molecule has 1 N–H and O–H groups in total. The molecule has 0 aromatic heterocycles. The van der Waals surface area contributed by atoms with Crippen LogP contribution in [0.3, 0.4) is 0 Å². The zero-order chi connectivity index (χ0) is 13.7. The third-order valence-corrected chi connectivity index (χ3v) is 2.59. The van der Waals surface area contributed by atoms with Crippen molar-refractivity contribution in [1.82, 2.24) is 0 Å². The van der Waals surface area contributed by atoms with Crippen molar-refractivity contribution in [1.29, 1.82) is 0 Å².